The minimum Gasteiger partial charge on any atom is -0.481 e. The number of thioether (sulfide) groups is 1. The molecule has 1 fully saturated rings. The predicted molar refractivity (Wildman–Crippen MR) is 112 cm³/mol. The Labute approximate surface area is 181 Å². The highest BCUT2D eigenvalue weighted by Crippen LogP contribution is 2.36. The molecule has 0 aliphatic carbocycles. The quantitative estimate of drug-likeness (QED) is 0.357. The van der Waals surface area contributed by atoms with Gasteiger partial charge in [-0.15, -0.1) is 0 Å². The van der Waals surface area contributed by atoms with Gasteiger partial charge >= 0.3 is 17.9 Å². The maximum atomic E-state index is 12.8. The van der Waals surface area contributed by atoms with Gasteiger partial charge in [0.05, 0.1) is 4.91 Å². The van der Waals surface area contributed by atoms with Crippen molar-refractivity contribution in [1.29, 1.82) is 0 Å². The molecule has 1 aliphatic heterocycles. The summed E-state index contributed by atoms with van der Waals surface area (Å²) < 4.78 is 5.53. The van der Waals surface area contributed by atoms with Crippen LogP contribution < -0.4 is 4.74 Å². The Hall–Kier alpha value is -2.92. The summed E-state index contributed by atoms with van der Waals surface area (Å²) in [5.74, 6) is -4.08. The number of ether oxygens (including phenoxy) is 1. The van der Waals surface area contributed by atoms with E-state index in [2.05, 4.69) is 0 Å². The van der Waals surface area contributed by atoms with Gasteiger partial charge in [0.25, 0.3) is 5.91 Å². The van der Waals surface area contributed by atoms with Gasteiger partial charge in [-0.3, -0.25) is 14.5 Å². The Morgan fingerprint density at radius 2 is 1.87 bits per heavy atom. The number of nitrogens with zero attached hydrogens (tertiary/aromatic N) is 1. The van der Waals surface area contributed by atoms with Crippen molar-refractivity contribution in [2.24, 2.45) is 0 Å². The van der Waals surface area contributed by atoms with Crippen molar-refractivity contribution in [3.8, 4) is 5.75 Å². The third kappa shape index (κ3) is 5.57. The van der Waals surface area contributed by atoms with E-state index in [1.807, 2.05) is 0 Å². The molecule has 0 spiro atoms. The largest absolute Gasteiger partial charge is 0.481 e. The molecular weight excluding hydrogens is 434 g/mol. The number of thiocarbonyl (C=S) groups is 1. The highest BCUT2D eigenvalue weighted by molar-refractivity contribution is 8.26. The van der Waals surface area contributed by atoms with Gasteiger partial charge < -0.3 is 20.1 Å². The van der Waals surface area contributed by atoms with Gasteiger partial charge in [0, 0.05) is 12.0 Å². The summed E-state index contributed by atoms with van der Waals surface area (Å²) in [4.78, 5) is 47.5. The number of hydrogen-bond acceptors (Lipinski definition) is 7. The third-order valence-corrected chi connectivity index (χ3v) is 5.50. The first-order chi connectivity index (χ1) is 14.1. The van der Waals surface area contributed by atoms with Gasteiger partial charge in [-0.25, -0.2) is 9.59 Å². The molecule has 11 heteroatoms. The highest BCUT2D eigenvalue weighted by atomic mass is 32.2. The molecule has 3 N–H and O–H groups in total. The van der Waals surface area contributed by atoms with Gasteiger partial charge in [0.1, 0.15) is 16.1 Å². The number of rotatable bonds is 10. The van der Waals surface area contributed by atoms with Gasteiger partial charge in [0.2, 0.25) is 0 Å². The Morgan fingerprint density at radius 3 is 2.43 bits per heavy atom. The lowest BCUT2D eigenvalue weighted by molar-refractivity contribution is -0.146. The minimum atomic E-state index is -1.40. The van der Waals surface area contributed by atoms with Crippen LogP contribution in [0.15, 0.2) is 29.2 Å². The molecule has 0 saturated carbocycles. The summed E-state index contributed by atoms with van der Waals surface area (Å²) in [6.07, 6.45) is -0.117. The number of hydrogen-bond donors (Lipinski definition) is 3. The SMILES string of the molecule is CCC(Oc1ccccc1/C=C1\SC(=S)N(C(CCC(=O)O)C(=O)O)C1=O)C(=O)O. The molecule has 1 aromatic carbocycles. The number of carbonyl (C=O) groups excluding carboxylic acids is 1. The average Bonchev–Trinajstić information content (AvgIpc) is 2.94. The number of amides is 1. The van der Waals surface area contributed by atoms with Gasteiger partial charge in [0.15, 0.2) is 6.10 Å². The van der Waals surface area contributed by atoms with Crippen LogP contribution in [0.3, 0.4) is 0 Å². The van der Waals surface area contributed by atoms with Crippen LogP contribution in [0.4, 0.5) is 0 Å². The van der Waals surface area contributed by atoms with E-state index < -0.39 is 42.4 Å². The van der Waals surface area contributed by atoms with Crippen molar-refractivity contribution < 1.29 is 39.2 Å². The van der Waals surface area contributed by atoms with Crippen molar-refractivity contribution in [1.82, 2.24) is 4.90 Å². The highest BCUT2D eigenvalue weighted by Gasteiger charge is 2.40. The van der Waals surface area contributed by atoms with Crippen LogP contribution in [-0.2, 0) is 19.2 Å². The standard InChI is InChI=1S/C19H19NO8S2/c1-2-12(18(26)27)28-13-6-4-3-5-10(13)9-14-16(23)20(19(29)30-14)11(17(24)25)7-8-15(21)22/h3-6,9,11-12H,2,7-8H2,1H3,(H,21,22)(H,24,25)(H,26,27)/b14-9-. The minimum absolute atomic E-state index is 0.000547. The van der Waals surface area contributed by atoms with E-state index in [1.165, 1.54) is 6.08 Å². The average molecular weight is 453 g/mol. The van der Waals surface area contributed by atoms with E-state index in [9.17, 15) is 29.4 Å². The Morgan fingerprint density at radius 1 is 1.20 bits per heavy atom. The van der Waals surface area contributed by atoms with E-state index in [1.54, 1.807) is 31.2 Å². The first kappa shape index (κ1) is 23.4. The molecule has 0 bridgehead atoms. The van der Waals surface area contributed by atoms with Crippen LogP contribution >= 0.6 is 24.0 Å². The molecule has 1 amide bonds. The third-order valence-electron chi connectivity index (χ3n) is 4.17. The normalized spacial score (nSPS) is 17.1. The van der Waals surface area contributed by atoms with Crippen molar-refractivity contribution in [3.05, 3.63) is 34.7 Å². The fraction of sp³-hybridized carbons (Fsp3) is 0.316. The van der Waals surface area contributed by atoms with Crippen LogP contribution in [0.2, 0.25) is 0 Å². The van der Waals surface area contributed by atoms with Gasteiger partial charge in [-0.05, 0) is 25.0 Å². The number of benzene rings is 1. The number of carbonyl (C=O) groups is 4. The van der Waals surface area contributed by atoms with Gasteiger partial charge in [-0.1, -0.05) is 49.1 Å². The van der Waals surface area contributed by atoms with Crippen molar-refractivity contribution in [3.63, 3.8) is 0 Å². The molecule has 9 nitrogen and oxygen atoms in total. The van der Waals surface area contributed by atoms with E-state index in [0.717, 1.165) is 16.7 Å². The summed E-state index contributed by atoms with van der Waals surface area (Å²) >= 11 is 6.03. The first-order valence-electron chi connectivity index (χ1n) is 8.85. The number of carboxylic acid groups (broad SMARTS) is 3. The summed E-state index contributed by atoms with van der Waals surface area (Å²) in [6.45, 7) is 1.66. The van der Waals surface area contributed by atoms with Crippen molar-refractivity contribution >= 4 is 58.2 Å². The van der Waals surface area contributed by atoms with Crippen molar-refractivity contribution in [2.75, 3.05) is 0 Å². The van der Waals surface area contributed by atoms with Crippen molar-refractivity contribution in [2.45, 2.75) is 38.3 Å². The molecule has 160 valence electrons. The second-order valence-electron chi connectivity index (χ2n) is 6.23. The van der Waals surface area contributed by atoms with Crippen LogP contribution in [-0.4, -0.2) is 60.5 Å². The monoisotopic (exact) mass is 453 g/mol. The van der Waals surface area contributed by atoms with Crippen LogP contribution in [0.1, 0.15) is 31.7 Å². The summed E-state index contributed by atoms with van der Waals surface area (Å²) in [5.41, 5.74) is 0.426. The molecule has 1 aliphatic rings. The zero-order valence-electron chi connectivity index (χ0n) is 15.8. The van der Waals surface area contributed by atoms with Gasteiger partial charge in [-0.2, -0.15) is 0 Å². The number of para-hydroxylation sites is 1. The maximum Gasteiger partial charge on any atom is 0.344 e. The Balaban J connectivity index is 2.32. The molecule has 1 saturated heterocycles. The maximum absolute atomic E-state index is 12.8. The number of aliphatic carboxylic acids is 3. The molecule has 1 aromatic rings. The molecule has 30 heavy (non-hydrogen) atoms. The van der Waals surface area contributed by atoms with E-state index >= 15 is 0 Å². The first-order valence-corrected chi connectivity index (χ1v) is 10.1. The van der Waals surface area contributed by atoms with E-state index in [4.69, 9.17) is 22.1 Å². The summed E-state index contributed by atoms with van der Waals surface area (Å²) in [7, 11) is 0. The summed E-state index contributed by atoms with van der Waals surface area (Å²) in [6, 6.07) is 5.11. The smallest absolute Gasteiger partial charge is 0.344 e. The molecule has 2 rings (SSSR count). The van der Waals surface area contributed by atoms with Crippen LogP contribution in [0, 0.1) is 0 Å². The fourth-order valence-corrected chi connectivity index (χ4v) is 4.03. The lowest BCUT2D eigenvalue weighted by Gasteiger charge is -2.22. The fourth-order valence-electron chi connectivity index (χ4n) is 2.68. The zero-order valence-corrected chi connectivity index (χ0v) is 17.4. The van der Waals surface area contributed by atoms with Crippen LogP contribution in [0.5, 0.6) is 5.75 Å². The zero-order chi connectivity index (χ0) is 22.4. The topological polar surface area (TPSA) is 141 Å². The van der Waals surface area contributed by atoms with E-state index in [0.29, 0.717) is 5.56 Å². The predicted octanol–water partition coefficient (Wildman–Crippen LogP) is 2.45. The molecule has 0 radical (unpaired) electrons. The van der Waals surface area contributed by atoms with E-state index in [-0.39, 0.29) is 27.8 Å². The second-order valence-corrected chi connectivity index (χ2v) is 7.90. The number of carboxylic acids is 3. The Kier molecular flexibility index (Phi) is 7.95. The Bertz CT molecular complexity index is 914. The molecule has 2 unspecified atom stereocenters. The summed E-state index contributed by atoms with van der Waals surface area (Å²) in [5, 5.41) is 27.5. The second kappa shape index (κ2) is 10.2. The molecule has 2 atom stereocenters. The molecule has 1 heterocycles. The lowest BCUT2D eigenvalue weighted by Crippen LogP contribution is -2.44. The lowest BCUT2D eigenvalue weighted by atomic mass is 10.1. The van der Waals surface area contributed by atoms with Crippen LogP contribution in [0.25, 0.3) is 6.08 Å². The molecular formula is C19H19NO8S2. The molecule has 0 aromatic heterocycles.